The van der Waals surface area contributed by atoms with Gasteiger partial charge in [0.1, 0.15) is 11.9 Å². The van der Waals surface area contributed by atoms with Gasteiger partial charge in [0, 0.05) is 20.1 Å². The van der Waals surface area contributed by atoms with Crippen LogP contribution in [0.15, 0.2) is 54.6 Å². The lowest BCUT2D eigenvalue weighted by atomic mass is 10.1. The second-order valence-corrected chi connectivity index (χ2v) is 6.98. The zero-order valence-electron chi connectivity index (χ0n) is 14.6. The highest BCUT2D eigenvalue weighted by atomic mass is 16.5. The van der Waals surface area contributed by atoms with E-state index in [4.69, 9.17) is 4.74 Å². The minimum absolute atomic E-state index is 0.0503. The SMILES string of the molecule is CN1C(=O)c2ccccc2O[C@H]2CN(CCCc3ccccc3)C[C@H]21. The summed E-state index contributed by atoms with van der Waals surface area (Å²) in [6, 6.07) is 18.3. The lowest BCUT2D eigenvalue weighted by Crippen LogP contribution is -2.44. The summed E-state index contributed by atoms with van der Waals surface area (Å²) in [4.78, 5) is 17.0. The Labute approximate surface area is 149 Å². The van der Waals surface area contributed by atoms with Crippen LogP contribution in [0.4, 0.5) is 0 Å². The Bertz CT molecular complexity index is 747. The van der Waals surface area contributed by atoms with Crippen LogP contribution in [0.5, 0.6) is 5.75 Å². The largest absolute Gasteiger partial charge is 0.486 e. The van der Waals surface area contributed by atoms with Crippen molar-refractivity contribution in [1.29, 1.82) is 0 Å². The Morgan fingerprint density at radius 3 is 2.64 bits per heavy atom. The first-order chi connectivity index (χ1) is 12.2. The number of ether oxygens (including phenoxy) is 1. The van der Waals surface area contributed by atoms with Crippen molar-refractivity contribution in [2.45, 2.75) is 25.0 Å². The number of hydrogen-bond acceptors (Lipinski definition) is 3. The van der Waals surface area contributed by atoms with Crippen molar-refractivity contribution in [2.75, 3.05) is 26.7 Å². The summed E-state index contributed by atoms with van der Waals surface area (Å²) in [6.45, 7) is 2.80. The summed E-state index contributed by atoms with van der Waals surface area (Å²) >= 11 is 0. The van der Waals surface area contributed by atoms with Crippen LogP contribution in [0.25, 0.3) is 0 Å². The number of likely N-dealkylation sites (N-methyl/N-ethyl adjacent to an activating group) is 1. The lowest BCUT2D eigenvalue weighted by Gasteiger charge is -2.25. The summed E-state index contributed by atoms with van der Waals surface area (Å²) in [6.07, 6.45) is 2.26. The second-order valence-electron chi connectivity index (χ2n) is 6.98. The zero-order valence-corrected chi connectivity index (χ0v) is 14.6. The van der Waals surface area contributed by atoms with Crippen LogP contribution >= 0.6 is 0 Å². The molecule has 1 fully saturated rings. The van der Waals surface area contributed by atoms with Gasteiger partial charge in [0.05, 0.1) is 11.6 Å². The van der Waals surface area contributed by atoms with Crippen LogP contribution in [0.2, 0.25) is 0 Å². The highest BCUT2D eigenvalue weighted by Crippen LogP contribution is 2.30. The molecule has 4 heteroatoms. The van der Waals surface area contributed by atoms with E-state index in [1.54, 1.807) is 0 Å². The fraction of sp³-hybridized carbons (Fsp3) is 0.381. The number of nitrogens with zero attached hydrogens (tertiary/aromatic N) is 2. The Balaban J connectivity index is 1.40. The fourth-order valence-electron chi connectivity index (χ4n) is 3.90. The highest BCUT2D eigenvalue weighted by molar-refractivity contribution is 5.97. The molecule has 130 valence electrons. The van der Waals surface area contributed by atoms with Crippen molar-refractivity contribution in [3.63, 3.8) is 0 Å². The number of aryl methyl sites for hydroxylation is 1. The predicted molar refractivity (Wildman–Crippen MR) is 97.9 cm³/mol. The average molecular weight is 336 g/mol. The summed E-state index contributed by atoms with van der Waals surface area (Å²) in [7, 11) is 1.90. The molecule has 4 rings (SSSR count). The maximum absolute atomic E-state index is 12.7. The van der Waals surface area contributed by atoms with E-state index in [2.05, 4.69) is 35.2 Å². The number of hydrogen-bond donors (Lipinski definition) is 0. The number of para-hydroxylation sites is 1. The molecule has 0 aromatic heterocycles. The molecule has 2 aliphatic rings. The van der Waals surface area contributed by atoms with Gasteiger partial charge in [-0.3, -0.25) is 9.69 Å². The van der Waals surface area contributed by atoms with Crippen molar-refractivity contribution in [3.8, 4) is 5.75 Å². The summed E-state index contributed by atoms with van der Waals surface area (Å²) in [5, 5.41) is 0. The van der Waals surface area contributed by atoms with Crippen LogP contribution < -0.4 is 4.74 Å². The Morgan fingerprint density at radius 2 is 1.80 bits per heavy atom. The normalized spacial score (nSPS) is 22.9. The van der Waals surface area contributed by atoms with E-state index in [1.165, 1.54) is 5.56 Å². The molecule has 0 bridgehead atoms. The third-order valence-electron chi connectivity index (χ3n) is 5.31. The third kappa shape index (κ3) is 3.27. The molecule has 0 N–H and O–H groups in total. The minimum atomic E-state index is 0.0503. The number of benzene rings is 2. The molecule has 25 heavy (non-hydrogen) atoms. The number of fused-ring (bicyclic) bond motifs is 2. The average Bonchev–Trinajstić information content (AvgIpc) is 3.00. The standard InChI is InChI=1S/C21H24N2O2/c1-22-18-14-23(13-7-10-16-8-3-2-4-9-16)15-20(18)25-19-12-6-5-11-17(19)21(22)24/h2-6,8-9,11-12,18,20H,7,10,13-15H2,1H3/t18-,20+/m1/s1. The van der Waals surface area contributed by atoms with E-state index in [9.17, 15) is 4.79 Å². The van der Waals surface area contributed by atoms with E-state index in [-0.39, 0.29) is 18.1 Å². The van der Waals surface area contributed by atoms with Gasteiger partial charge in [-0.05, 0) is 37.1 Å². The lowest BCUT2D eigenvalue weighted by molar-refractivity contribution is 0.0682. The molecule has 1 amide bonds. The molecule has 0 aliphatic carbocycles. The number of amides is 1. The summed E-state index contributed by atoms with van der Waals surface area (Å²) in [5.74, 6) is 0.784. The van der Waals surface area contributed by atoms with Gasteiger partial charge in [-0.15, -0.1) is 0 Å². The molecule has 2 aromatic rings. The monoisotopic (exact) mass is 336 g/mol. The third-order valence-corrected chi connectivity index (χ3v) is 5.31. The fourth-order valence-corrected chi connectivity index (χ4v) is 3.90. The van der Waals surface area contributed by atoms with Crippen LogP contribution in [-0.2, 0) is 6.42 Å². The smallest absolute Gasteiger partial charge is 0.257 e. The van der Waals surface area contributed by atoms with E-state index >= 15 is 0 Å². The quantitative estimate of drug-likeness (QED) is 0.861. The van der Waals surface area contributed by atoms with Crippen molar-refractivity contribution in [3.05, 3.63) is 65.7 Å². The van der Waals surface area contributed by atoms with Crippen LogP contribution in [0.3, 0.4) is 0 Å². The first kappa shape index (κ1) is 16.2. The van der Waals surface area contributed by atoms with Crippen LogP contribution in [-0.4, -0.2) is 54.5 Å². The Kier molecular flexibility index (Phi) is 4.45. The molecule has 0 spiro atoms. The summed E-state index contributed by atoms with van der Waals surface area (Å²) < 4.78 is 6.21. The van der Waals surface area contributed by atoms with Gasteiger partial charge in [-0.25, -0.2) is 0 Å². The van der Waals surface area contributed by atoms with Crippen molar-refractivity contribution >= 4 is 5.91 Å². The van der Waals surface area contributed by atoms with E-state index in [0.717, 1.165) is 38.2 Å². The number of likely N-dealkylation sites (tertiary alicyclic amines) is 1. The molecule has 2 atom stereocenters. The molecule has 1 saturated heterocycles. The molecule has 0 unspecified atom stereocenters. The molecular formula is C21H24N2O2. The highest BCUT2D eigenvalue weighted by Gasteiger charge is 2.41. The Morgan fingerprint density at radius 1 is 1.04 bits per heavy atom. The number of carbonyl (C=O) groups excluding carboxylic acids is 1. The van der Waals surface area contributed by atoms with Gasteiger partial charge in [-0.2, -0.15) is 0 Å². The van der Waals surface area contributed by atoms with Gasteiger partial charge in [-0.1, -0.05) is 42.5 Å². The number of rotatable bonds is 4. The number of carbonyl (C=O) groups is 1. The molecule has 2 aliphatic heterocycles. The first-order valence-corrected chi connectivity index (χ1v) is 9.01. The maximum atomic E-state index is 12.7. The molecule has 0 saturated carbocycles. The van der Waals surface area contributed by atoms with Gasteiger partial charge < -0.3 is 9.64 Å². The molecular weight excluding hydrogens is 312 g/mol. The maximum Gasteiger partial charge on any atom is 0.257 e. The van der Waals surface area contributed by atoms with Gasteiger partial charge in [0.15, 0.2) is 0 Å². The van der Waals surface area contributed by atoms with Gasteiger partial charge in [0.25, 0.3) is 5.91 Å². The topological polar surface area (TPSA) is 32.8 Å². The van der Waals surface area contributed by atoms with Crippen LogP contribution in [0, 0.1) is 0 Å². The van der Waals surface area contributed by atoms with Gasteiger partial charge in [0.2, 0.25) is 0 Å². The van der Waals surface area contributed by atoms with E-state index < -0.39 is 0 Å². The molecule has 2 heterocycles. The minimum Gasteiger partial charge on any atom is -0.486 e. The Hall–Kier alpha value is -2.33. The van der Waals surface area contributed by atoms with Crippen LogP contribution in [0.1, 0.15) is 22.3 Å². The molecule has 2 aromatic carbocycles. The predicted octanol–water partition coefficient (Wildman–Crippen LogP) is 2.84. The second kappa shape index (κ2) is 6.89. The van der Waals surface area contributed by atoms with Crippen molar-refractivity contribution in [1.82, 2.24) is 9.80 Å². The van der Waals surface area contributed by atoms with Crippen molar-refractivity contribution in [2.24, 2.45) is 0 Å². The summed E-state index contributed by atoms with van der Waals surface area (Å²) in [5.41, 5.74) is 2.06. The zero-order chi connectivity index (χ0) is 17.2. The van der Waals surface area contributed by atoms with E-state index in [1.807, 2.05) is 36.2 Å². The molecule has 0 radical (unpaired) electrons. The first-order valence-electron chi connectivity index (χ1n) is 9.01. The molecule has 4 nitrogen and oxygen atoms in total. The van der Waals surface area contributed by atoms with E-state index in [0.29, 0.717) is 5.56 Å². The van der Waals surface area contributed by atoms with Crippen molar-refractivity contribution < 1.29 is 9.53 Å². The van der Waals surface area contributed by atoms with Gasteiger partial charge >= 0.3 is 0 Å².